The first-order chi connectivity index (χ1) is 9.95. The first kappa shape index (κ1) is 16.8. The van der Waals surface area contributed by atoms with Crippen molar-refractivity contribution in [3.63, 3.8) is 0 Å². The quantitative estimate of drug-likeness (QED) is 0.808. The summed E-state index contributed by atoms with van der Waals surface area (Å²) >= 11 is 0. The van der Waals surface area contributed by atoms with Gasteiger partial charge >= 0.3 is 12.0 Å². The molecule has 0 aliphatic rings. The number of ether oxygens (including phenoxy) is 1. The average Bonchev–Trinajstić information content (AvgIpc) is 2.45. The molecule has 2 N–H and O–H groups in total. The summed E-state index contributed by atoms with van der Waals surface area (Å²) in [6, 6.07) is 6.97. The molecule has 0 fully saturated rings. The van der Waals surface area contributed by atoms with E-state index in [1.807, 2.05) is 38.1 Å². The second-order valence-corrected chi connectivity index (χ2v) is 4.71. The van der Waals surface area contributed by atoms with E-state index in [0.29, 0.717) is 6.61 Å². The van der Waals surface area contributed by atoms with E-state index in [0.717, 1.165) is 11.3 Å². The van der Waals surface area contributed by atoms with Crippen LogP contribution in [0.2, 0.25) is 0 Å². The number of urea groups is 1. The maximum absolute atomic E-state index is 12.0. The highest BCUT2D eigenvalue weighted by Crippen LogP contribution is 2.24. The van der Waals surface area contributed by atoms with Crippen molar-refractivity contribution >= 4 is 12.0 Å². The molecule has 6 nitrogen and oxygen atoms in total. The van der Waals surface area contributed by atoms with E-state index in [-0.39, 0.29) is 25.0 Å². The highest BCUT2D eigenvalue weighted by Gasteiger charge is 2.16. The Kier molecular flexibility index (Phi) is 6.52. The Hall–Kier alpha value is -2.24. The van der Waals surface area contributed by atoms with Gasteiger partial charge in [0.05, 0.1) is 19.1 Å². The maximum atomic E-state index is 12.0. The Morgan fingerprint density at radius 1 is 1.38 bits per heavy atom. The second kappa shape index (κ2) is 8.14. The minimum absolute atomic E-state index is 0.0756. The Labute approximate surface area is 124 Å². The molecule has 1 unspecified atom stereocenters. The van der Waals surface area contributed by atoms with Gasteiger partial charge in [-0.15, -0.1) is 0 Å². The van der Waals surface area contributed by atoms with Crippen LogP contribution >= 0.6 is 0 Å². The van der Waals surface area contributed by atoms with Crippen molar-refractivity contribution in [1.29, 1.82) is 0 Å². The highest BCUT2D eigenvalue weighted by molar-refractivity contribution is 5.75. The summed E-state index contributed by atoms with van der Waals surface area (Å²) in [6.07, 6.45) is -0.0756. The molecule has 2 amide bonds. The van der Waals surface area contributed by atoms with Gasteiger partial charge in [-0.25, -0.2) is 4.79 Å². The molecule has 1 aromatic carbocycles. The van der Waals surface area contributed by atoms with Crippen LogP contribution in [0.5, 0.6) is 5.75 Å². The largest absolute Gasteiger partial charge is 0.494 e. The number of carboxylic acids is 1. The zero-order chi connectivity index (χ0) is 15.8. The number of hydrogen-bond donors (Lipinski definition) is 2. The lowest BCUT2D eigenvalue weighted by atomic mass is 10.1. The normalized spacial score (nSPS) is 11.6. The topological polar surface area (TPSA) is 78.9 Å². The van der Waals surface area contributed by atoms with Crippen molar-refractivity contribution in [1.82, 2.24) is 10.2 Å². The van der Waals surface area contributed by atoms with Crippen molar-refractivity contribution in [2.24, 2.45) is 0 Å². The third-order valence-corrected chi connectivity index (χ3v) is 3.03. The number of carbonyl (C=O) groups excluding carboxylic acids is 1. The third-order valence-electron chi connectivity index (χ3n) is 3.03. The number of amides is 2. The SMILES string of the molecule is CCOc1ccccc1C(C)NC(=O)N(C)CCC(=O)O. The van der Waals surface area contributed by atoms with Gasteiger partial charge < -0.3 is 20.1 Å². The van der Waals surface area contributed by atoms with Gasteiger partial charge in [0.25, 0.3) is 0 Å². The molecule has 21 heavy (non-hydrogen) atoms. The molecule has 0 bridgehead atoms. The molecular formula is C15H22N2O4. The minimum atomic E-state index is -0.926. The summed E-state index contributed by atoms with van der Waals surface area (Å²) in [7, 11) is 1.57. The summed E-state index contributed by atoms with van der Waals surface area (Å²) in [5.74, 6) is -0.189. The van der Waals surface area contributed by atoms with Crippen LogP contribution in [0.25, 0.3) is 0 Å². The van der Waals surface area contributed by atoms with Crippen molar-refractivity contribution in [2.75, 3.05) is 20.2 Å². The molecule has 1 rings (SSSR count). The van der Waals surface area contributed by atoms with Gasteiger partial charge in [0.1, 0.15) is 5.75 Å². The second-order valence-electron chi connectivity index (χ2n) is 4.71. The van der Waals surface area contributed by atoms with Crippen molar-refractivity contribution in [3.05, 3.63) is 29.8 Å². The van der Waals surface area contributed by atoms with E-state index in [9.17, 15) is 9.59 Å². The first-order valence-corrected chi connectivity index (χ1v) is 6.90. The van der Waals surface area contributed by atoms with Crippen LogP contribution in [-0.4, -0.2) is 42.2 Å². The molecule has 0 aliphatic heterocycles. The van der Waals surface area contributed by atoms with Crippen LogP contribution in [0.15, 0.2) is 24.3 Å². The lowest BCUT2D eigenvalue weighted by Crippen LogP contribution is -2.39. The van der Waals surface area contributed by atoms with E-state index in [2.05, 4.69) is 5.32 Å². The van der Waals surface area contributed by atoms with Crippen LogP contribution in [-0.2, 0) is 4.79 Å². The van der Waals surface area contributed by atoms with Crippen LogP contribution < -0.4 is 10.1 Å². The van der Waals surface area contributed by atoms with E-state index >= 15 is 0 Å². The van der Waals surface area contributed by atoms with Crippen LogP contribution in [0.4, 0.5) is 4.79 Å². The molecule has 0 saturated heterocycles. The van der Waals surface area contributed by atoms with Gasteiger partial charge in [-0.1, -0.05) is 18.2 Å². The molecule has 6 heteroatoms. The Bertz CT molecular complexity index is 490. The summed E-state index contributed by atoms with van der Waals surface area (Å²) in [5, 5.41) is 11.5. The van der Waals surface area contributed by atoms with Crippen molar-refractivity contribution in [3.8, 4) is 5.75 Å². The molecule has 0 aliphatic carbocycles. The molecule has 0 heterocycles. The Balaban J connectivity index is 2.65. The summed E-state index contributed by atoms with van der Waals surface area (Å²) in [4.78, 5) is 23.9. The van der Waals surface area contributed by atoms with Gasteiger partial charge in [0.15, 0.2) is 0 Å². The predicted octanol–water partition coefficient (Wildman–Crippen LogP) is 2.26. The lowest BCUT2D eigenvalue weighted by Gasteiger charge is -2.22. The van der Waals surface area contributed by atoms with Crippen molar-refractivity contribution < 1.29 is 19.4 Å². The van der Waals surface area contributed by atoms with Gasteiger partial charge in [-0.3, -0.25) is 4.79 Å². The van der Waals surface area contributed by atoms with E-state index in [1.54, 1.807) is 7.05 Å². The lowest BCUT2D eigenvalue weighted by molar-refractivity contribution is -0.137. The van der Waals surface area contributed by atoms with Crippen LogP contribution in [0, 0.1) is 0 Å². The number of nitrogens with zero attached hydrogens (tertiary/aromatic N) is 1. The van der Waals surface area contributed by atoms with Gasteiger partial charge in [-0.2, -0.15) is 0 Å². The predicted molar refractivity (Wildman–Crippen MR) is 79.4 cm³/mol. The van der Waals surface area contributed by atoms with Gasteiger partial charge in [-0.05, 0) is 19.9 Å². The fourth-order valence-electron chi connectivity index (χ4n) is 1.86. The number of carbonyl (C=O) groups is 2. The summed E-state index contributed by atoms with van der Waals surface area (Å²) < 4.78 is 5.54. The Morgan fingerprint density at radius 2 is 2.05 bits per heavy atom. The zero-order valence-electron chi connectivity index (χ0n) is 12.6. The fraction of sp³-hybridized carbons (Fsp3) is 0.467. The number of benzene rings is 1. The van der Waals surface area contributed by atoms with Gasteiger partial charge in [0, 0.05) is 19.2 Å². The molecule has 0 saturated carbocycles. The summed E-state index contributed by atoms with van der Waals surface area (Å²) in [6.45, 7) is 4.48. The molecule has 1 atom stereocenters. The number of rotatable bonds is 7. The summed E-state index contributed by atoms with van der Waals surface area (Å²) in [5.41, 5.74) is 0.888. The smallest absolute Gasteiger partial charge is 0.317 e. The number of aliphatic carboxylic acids is 1. The molecule has 0 aromatic heterocycles. The number of carboxylic acid groups (broad SMARTS) is 1. The maximum Gasteiger partial charge on any atom is 0.317 e. The fourth-order valence-corrected chi connectivity index (χ4v) is 1.86. The third kappa shape index (κ3) is 5.33. The minimum Gasteiger partial charge on any atom is -0.494 e. The van der Waals surface area contributed by atoms with Gasteiger partial charge in [0.2, 0.25) is 0 Å². The standard InChI is InChI=1S/C15H22N2O4/c1-4-21-13-8-6-5-7-12(13)11(2)16-15(20)17(3)10-9-14(18)19/h5-8,11H,4,9-10H2,1-3H3,(H,16,20)(H,18,19). The zero-order valence-corrected chi connectivity index (χ0v) is 12.6. The number of nitrogens with one attached hydrogen (secondary N) is 1. The van der Waals surface area contributed by atoms with E-state index in [1.165, 1.54) is 4.90 Å². The number of hydrogen-bond acceptors (Lipinski definition) is 3. The highest BCUT2D eigenvalue weighted by atomic mass is 16.5. The molecule has 0 spiro atoms. The van der Waals surface area contributed by atoms with Crippen LogP contribution in [0.1, 0.15) is 31.9 Å². The van der Waals surface area contributed by atoms with E-state index < -0.39 is 5.97 Å². The molecule has 1 aromatic rings. The first-order valence-electron chi connectivity index (χ1n) is 6.90. The molecular weight excluding hydrogens is 272 g/mol. The van der Waals surface area contributed by atoms with E-state index in [4.69, 9.17) is 9.84 Å². The Morgan fingerprint density at radius 3 is 2.67 bits per heavy atom. The van der Waals surface area contributed by atoms with Crippen LogP contribution in [0.3, 0.4) is 0 Å². The monoisotopic (exact) mass is 294 g/mol. The molecule has 116 valence electrons. The molecule has 0 radical (unpaired) electrons. The van der Waals surface area contributed by atoms with Crippen molar-refractivity contribution in [2.45, 2.75) is 26.3 Å². The number of para-hydroxylation sites is 1. The average molecular weight is 294 g/mol.